The summed E-state index contributed by atoms with van der Waals surface area (Å²) in [5, 5.41) is 0. The summed E-state index contributed by atoms with van der Waals surface area (Å²) in [4.78, 5) is 4.05. The van der Waals surface area contributed by atoms with Crippen molar-refractivity contribution in [3.05, 3.63) is 58.3 Å². The molecule has 21 heavy (non-hydrogen) atoms. The number of sulfonamides is 1. The molecule has 1 N–H and O–H groups in total. The van der Waals surface area contributed by atoms with Crippen molar-refractivity contribution in [3.63, 3.8) is 0 Å². The third-order valence-corrected chi connectivity index (χ3v) is 5.12. The van der Waals surface area contributed by atoms with Crippen LogP contribution in [0.4, 0.5) is 0 Å². The van der Waals surface area contributed by atoms with Crippen molar-refractivity contribution in [1.82, 2.24) is 9.71 Å². The van der Waals surface area contributed by atoms with Crippen LogP contribution in [-0.2, 0) is 16.4 Å². The first-order chi connectivity index (χ1) is 9.88. The van der Waals surface area contributed by atoms with Crippen molar-refractivity contribution in [2.24, 2.45) is 0 Å². The fraction of sp³-hybridized carbons (Fsp3) is 0.267. The summed E-state index contributed by atoms with van der Waals surface area (Å²) in [5.74, 6) is 0. The number of hydrogen-bond donors (Lipinski definition) is 1. The van der Waals surface area contributed by atoms with Crippen LogP contribution in [0.1, 0.15) is 18.1 Å². The lowest BCUT2D eigenvalue weighted by atomic mass is 10.0. The van der Waals surface area contributed by atoms with Gasteiger partial charge in [-0.05, 0) is 53.4 Å². The Morgan fingerprint density at radius 2 is 2.00 bits per heavy atom. The second-order valence-corrected chi connectivity index (χ2v) is 7.62. The zero-order chi connectivity index (χ0) is 15.5. The lowest BCUT2D eigenvalue weighted by Gasteiger charge is -2.15. The lowest BCUT2D eigenvalue weighted by molar-refractivity contribution is 0.559. The SMILES string of the molecule is Cc1ccccc1CC(C)NS(=O)(=O)c1cncc(Br)c1. The minimum atomic E-state index is -3.56. The van der Waals surface area contributed by atoms with E-state index in [2.05, 4.69) is 25.6 Å². The summed E-state index contributed by atoms with van der Waals surface area (Å²) < 4.78 is 27.9. The molecule has 1 unspecified atom stereocenters. The largest absolute Gasteiger partial charge is 0.262 e. The average Bonchev–Trinajstić information content (AvgIpc) is 2.41. The molecule has 1 heterocycles. The number of pyridine rings is 1. The van der Waals surface area contributed by atoms with Crippen molar-refractivity contribution in [3.8, 4) is 0 Å². The third-order valence-electron chi connectivity index (χ3n) is 3.13. The molecule has 2 aromatic rings. The number of nitrogens with one attached hydrogen (secondary N) is 1. The first-order valence-corrected chi connectivity index (χ1v) is 8.83. The summed E-state index contributed by atoms with van der Waals surface area (Å²) in [5.41, 5.74) is 2.30. The standard InChI is InChI=1S/C15H17BrN2O2S/c1-11-5-3-4-6-13(11)7-12(2)18-21(19,20)15-8-14(16)9-17-10-15/h3-6,8-10,12,18H,7H2,1-2H3. The van der Waals surface area contributed by atoms with Crippen molar-refractivity contribution >= 4 is 26.0 Å². The van der Waals surface area contributed by atoms with E-state index in [1.165, 1.54) is 12.3 Å². The minimum Gasteiger partial charge on any atom is -0.262 e. The van der Waals surface area contributed by atoms with Gasteiger partial charge in [0.15, 0.2) is 0 Å². The molecule has 2 rings (SSSR count). The van der Waals surface area contributed by atoms with Gasteiger partial charge in [0.2, 0.25) is 10.0 Å². The van der Waals surface area contributed by atoms with E-state index in [4.69, 9.17) is 0 Å². The summed E-state index contributed by atoms with van der Waals surface area (Å²) in [6, 6.07) is 9.31. The maximum Gasteiger partial charge on any atom is 0.242 e. The molecule has 0 saturated carbocycles. The molecule has 0 fully saturated rings. The molecule has 1 aromatic carbocycles. The summed E-state index contributed by atoms with van der Waals surface area (Å²) >= 11 is 3.23. The van der Waals surface area contributed by atoms with Gasteiger partial charge in [-0.3, -0.25) is 4.98 Å². The van der Waals surface area contributed by atoms with Gasteiger partial charge in [-0.15, -0.1) is 0 Å². The zero-order valence-electron chi connectivity index (χ0n) is 11.9. The van der Waals surface area contributed by atoms with Crippen molar-refractivity contribution in [1.29, 1.82) is 0 Å². The van der Waals surface area contributed by atoms with Crippen LogP contribution in [0.15, 0.2) is 52.1 Å². The maximum atomic E-state index is 12.3. The Morgan fingerprint density at radius 1 is 1.29 bits per heavy atom. The van der Waals surface area contributed by atoms with Gasteiger partial charge < -0.3 is 0 Å². The van der Waals surface area contributed by atoms with Crippen LogP contribution in [0.5, 0.6) is 0 Å². The van der Waals surface area contributed by atoms with Crippen LogP contribution in [0, 0.1) is 6.92 Å². The Bertz CT molecular complexity index is 732. The van der Waals surface area contributed by atoms with Crippen molar-refractivity contribution in [2.45, 2.75) is 31.2 Å². The van der Waals surface area contributed by atoms with Crippen LogP contribution >= 0.6 is 15.9 Å². The molecular weight excluding hydrogens is 352 g/mol. The van der Waals surface area contributed by atoms with Gasteiger partial charge >= 0.3 is 0 Å². The Hall–Kier alpha value is -1.24. The highest BCUT2D eigenvalue weighted by molar-refractivity contribution is 9.10. The monoisotopic (exact) mass is 368 g/mol. The van der Waals surface area contributed by atoms with E-state index in [0.717, 1.165) is 11.1 Å². The number of rotatable bonds is 5. The lowest BCUT2D eigenvalue weighted by Crippen LogP contribution is -2.34. The molecule has 0 bridgehead atoms. The molecule has 112 valence electrons. The van der Waals surface area contributed by atoms with E-state index < -0.39 is 10.0 Å². The van der Waals surface area contributed by atoms with E-state index in [-0.39, 0.29) is 10.9 Å². The fourth-order valence-electron chi connectivity index (χ4n) is 2.08. The van der Waals surface area contributed by atoms with E-state index in [1.807, 2.05) is 38.1 Å². The molecule has 0 radical (unpaired) electrons. The van der Waals surface area contributed by atoms with Gasteiger partial charge in [-0.2, -0.15) is 0 Å². The van der Waals surface area contributed by atoms with Crippen LogP contribution in [0.2, 0.25) is 0 Å². The van der Waals surface area contributed by atoms with Gasteiger partial charge in [-0.1, -0.05) is 24.3 Å². The highest BCUT2D eigenvalue weighted by Gasteiger charge is 2.18. The molecule has 1 aromatic heterocycles. The first kappa shape index (κ1) is 16.1. The van der Waals surface area contributed by atoms with E-state index in [0.29, 0.717) is 10.9 Å². The predicted molar refractivity (Wildman–Crippen MR) is 86.6 cm³/mol. The predicted octanol–water partition coefficient (Wildman–Crippen LogP) is 3.06. The number of halogens is 1. The Morgan fingerprint density at radius 3 is 2.67 bits per heavy atom. The van der Waals surface area contributed by atoms with Crippen molar-refractivity contribution in [2.75, 3.05) is 0 Å². The number of aromatic nitrogens is 1. The second-order valence-electron chi connectivity index (χ2n) is 4.99. The summed E-state index contributed by atoms with van der Waals surface area (Å²) in [7, 11) is -3.56. The molecule has 0 saturated heterocycles. The Kier molecular flexibility index (Phi) is 5.13. The molecule has 6 heteroatoms. The van der Waals surface area contributed by atoms with Crippen LogP contribution in [0.3, 0.4) is 0 Å². The molecule has 0 aliphatic rings. The Balaban J connectivity index is 2.12. The highest BCUT2D eigenvalue weighted by Crippen LogP contribution is 2.16. The van der Waals surface area contributed by atoms with Crippen LogP contribution in [-0.4, -0.2) is 19.4 Å². The van der Waals surface area contributed by atoms with Crippen LogP contribution < -0.4 is 4.72 Å². The Labute approximate surface area is 133 Å². The number of benzene rings is 1. The summed E-state index contributed by atoms with van der Waals surface area (Å²) in [6.45, 7) is 3.88. The van der Waals surface area contributed by atoms with Gasteiger partial charge in [0, 0.05) is 22.9 Å². The second kappa shape index (κ2) is 6.68. The average molecular weight is 369 g/mol. The quantitative estimate of drug-likeness (QED) is 0.881. The van der Waals surface area contributed by atoms with E-state index >= 15 is 0 Å². The number of aryl methyl sites for hydroxylation is 1. The molecule has 1 atom stereocenters. The zero-order valence-corrected chi connectivity index (χ0v) is 14.3. The first-order valence-electron chi connectivity index (χ1n) is 6.56. The van der Waals surface area contributed by atoms with Gasteiger partial charge in [0.25, 0.3) is 0 Å². The molecule has 0 amide bonds. The molecule has 0 aliphatic carbocycles. The highest BCUT2D eigenvalue weighted by atomic mass is 79.9. The van der Waals surface area contributed by atoms with Crippen LogP contribution in [0.25, 0.3) is 0 Å². The smallest absolute Gasteiger partial charge is 0.242 e. The number of hydrogen-bond acceptors (Lipinski definition) is 3. The van der Waals surface area contributed by atoms with E-state index in [9.17, 15) is 8.42 Å². The minimum absolute atomic E-state index is 0.161. The summed E-state index contributed by atoms with van der Waals surface area (Å²) in [6.07, 6.45) is 3.54. The molecule has 4 nitrogen and oxygen atoms in total. The molecule has 0 aliphatic heterocycles. The van der Waals surface area contributed by atoms with Gasteiger partial charge in [0.05, 0.1) is 0 Å². The molecular formula is C15H17BrN2O2S. The topological polar surface area (TPSA) is 59.1 Å². The molecule has 0 spiro atoms. The van der Waals surface area contributed by atoms with Crippen molar-refractivity contribution < 1.29 is 8.42 Å². The normalized spacial score (nSPS) is 13.1. The van der Waals surface area contributed by atoms with E-state index in [1.54, 1.807) is 6.20 Å². The van der Waals surface area contributed by atoms with Gasteiger partial charge in [0.1, 0.15) is 4.90 Å². The number of nitrogens with zero attached hydrogens (tertiary/aromatic N) is 1. The third kappa shape index (κ3) is 4.36. The van der Waals surface area contributed by atoms with Gasteiger partial charge in [-0.25, -0.2) is 13.1 Å². The fourth-order valence-corrected chi connectivity index (χ4v) is 3.83. The maximum absolute atomic E-state index is 12.3.